The number of likely N-dealkylation sites (tertiary alicyclic amines) is 1. The number of rotatable bonds is 4. The minimum Gasteiger partial charge on any atom is -0.485 e. The molecule has 25 heavy (non-hydrogen) atoms. The summed E-state index contributed by atoms with van der Waals surface area (Å²) in [5.74, 6) is 1.76. The van der Waals surface area contributed by atoms with E-state index in [1.54, 1.807) is 11.3 Å². The van der Waals surface area contributed by atoms with Gasteiger partial charge in [0, 0.05) is 37.6 Å². The van der Waals surface area contributed by atoms with Crippen LogP contribution < -0.4 is 15.0 Å². The standard InChI is InChI=1S/C18H22N4O2S/c23-18(20-14-6-11-25-13-14)22-10-5-15(12-22)24-16-4-3-7-19-17(16)21-8-1-2-9-21/h3-4,6-7,11,13,15H,1-2,5,8-10,12H2,(H,20,23). The average Bonchev–Trinajstić information content (AvgIpc) is 3.38. The van der Waals surface area contributed by atoms with Crippen LogP contribution in [0, 0.1) is 0 Å². The van der Waals surface area contributed by atoms with Crippen molar-refractivity contribution >= 4 is 28.9 Å². The molecule has 2 saturated heterocycles. The van der Waals surface area contributed by atoms with Crippen LogP contribution in [0.25, 0.3) is 0 Å². The second-order valence-electron chi connectivity index (χ2n) is 6.44. The first-order valence-electron chi connectivity index (χ1n) is 8.74. The van der Waals surface area contributed by atoms with Crippen molar-refractivity contribution in [3.05, 3.63) is 35.2 Å². The molecule has 0 aliphatic carbocycles. The number of hydrogen-bond acceptors (Lipinski definition) is 5. The van der Waals surface area contributed by atoms with Crippen LogP contribution in [0.4, 0.5) is 16.3 Å². The first-order valence-corrected chi connectivity index (χ1v) is 9.68. The molecule has 0 spiro atoms. The van der Waals surface area contributed by atoms with E-state index in [2.05, 4.69) is 15.2 Å². The van der Waals surface area contributed by atoms with Crippen molar-refractivity contribution in [1.82, 2.24) is 9.88 Å². The highest BCUT2D eigenvalue weighted by molar-refractivity contribution is 7.08. The van der Waals surface area contributed by atoms with Crippen LogP contribution in [0.15, 0.2) is 35.2 Å². The molecule has 2 aromatic heterocycles. The van der Waals surface area contributed by atoms with Gasteiger partial charge >= 0.3 is 6.03 Å². The summed E-state index contributed by atoms with van der Waals surface area (Å²) >= 11 is 1.57. The zero-order chi connectivity index (χ0) is 17.1. The number of urea groups is 1. The maximum Gasteiger partial charge on any atom is 0.321 e. The SMILES string of the molecule is O=C(Nc1ccsc1)N1CCC(Oc2cccnc2N2CCCC2)C1. The van der Waals surface area contributed by atoms with Crippen LogP contribution in [0.2, 0.25) is 0 Å². The molecule has 7 heteroatoms. The summed E-state index contributed by atoms with van der Waals surface area (Å²) < 4.78 is 6.21. The molecular weight excluding hydrogens is 336 g/mol. The van der Waals surface area contributed by atoms with E-state index in [4.69, 9.17) is 4.74 Å². The zero-order valence-corrected chi connectivity index (χ0v) is 14.9. The minimum atomic E-state index is -0.0598. The van der Waals surface area contributed by atoms with Crippen molar-refractivity contribution in [2.45, 2.75) is 25.4 Å². The molecule has 4 heterocycles. The van der Waals surface area contributed by atoms with Gasteiger partial charge < -0.3 is 19.9 Å². The summed E-state index contributed by atoms with van der Waals surface area (Å²) in [7, 11) is 0. The van der Waals surface area contributed by atoms with Crippen LogP contribution in [0.1, 0.15) is 19.3 Å². The first kappa shape index (κ1) is 16.2. The lowest BCUT2D eigenvalue weighted by Crippen LogP contribution is -2.34. The Hall–Kier alpha value is -2.28. The normalized spacial score (nSPS) is 20.1. The van der Waals surface area contributed by atoms with Crippen LogP contribution in [0.5, 0.6) is 5.75 Å². The number of carbonyl (C=O) groups excluding carboxylic acids is 1. The number of aromatic nitrogens is 1. The predicted molar refractivity (Wildman–Crippen MR) is 99.6 cm³/mol. The first-order chi connectivity index (χ1) is 12.3. The Kier molecular flexibility index (Phi) is 4.74. The second-order valence-corrected chi connectivity index (χ2v) is 7.22. The largest absolute Gasteiger partial charge is 0.485 e. The fourth-order valence-corrected chi connectivity index (χ4v) is 3.96. The molecule has 2 amide bonds. The lowest BCUT2D eigenvalue weighted by atomic mass is 10.3. The fourth-order valence-electron chi connectivity index (χ4n) is 3.37. The van der Waals surface area contributed by atoms with E-state index in [0.29, 0.717) is 13.1 Å². The van der Waals surface area contributed by atoms with Gasteiger partial charge in [-0.05, 0) is 36.4 Å². The van der Waals surface area contributed by atoms with Gasteiger partial charge in [0.15, 0.2) is 11.6 Å². The number of thiophene rings is 1. The van der Waals surface area contributed by atoms with Crippen LogP contribution in [-0.4, -0.2) is 48.2 Å². The molecule has 0 bridgehead atoms. The lowest BCUT2D eigenvalue weighted by molar-refractivity contribution is 0.195. The van der Waals surface area contributed by atoms with Crippen molar-refractivity contribution in [3.8, 4) is 5.75 Å². The molecule has 2 aromatic rings. The molecule has 0 aromatic carbocycles. The van der Waals surface area contributed by atoms with E-state index in [-0.39, 0.29) is 12.1 Å². The van der Waals surface area contributed by atoms with Gasteiger partial charge in [-0.1, -0.05) is 0 Å². The highest BCUT2D eigenvalue weighted by atomic mass is 32.1. The lowest BCUT2D eigenvalue weighted by Gasteiger charge is -2.22. The highest BCUT2D eigenvalue weighted by Gasteiger charge is 2.29. The zero-order valence-electron chi connectivity index (χ0n) is 14.1. The minimum absolute atomic E-state index is 0.0128. The smallest absolute Gasteiger partial charge is 0.321 e. The molecule has 1 atom stereocenters. The third kappa shape index (κ3) is 3.71. The quantitative estimate of drug-likeness (QED) is 0.910. The summed E-state index contributed by atoms with van der Waals surface area (Å²) in [5.41, 5.74) is 0.850. The van der Waals surface area contributed by atoms with E-state index in [0.717, 1.165) is 36.8 Å². The van der Waals surface area contributed by atoms with Crippen LogP contribution in [-0.2, 0) is 0 Å². The summed E-state index contributed by atoms with van der Waals surface area (Å²) in [4.78, 5) is 20.9. The number of hydrogen-bond donors (Lipinski definition) is 1. The van der Waals surface area contributed by atoms with E-state index in [1.165, 1.54) is 12.8 Å². The van der Waals surface area contributed by atoms with E-state index in [9.17, 15) is 4.79 Å². The van der Waals surface area contributed by atoms with E-state index >= 15 is 0 Å². The Morgan fingerprint density at radius 2 is 2.16 bits per heavy atom. The molecular formula is C18H22N4O2S. The molecule has 2 aliphatic heterocycles. The van der Waals surface area contributed by atoms with Gasteiger partial charge in [-0.25, -0.2) is 9.78 Å². The number of anilines is 2. The number of carbonyl (C=O) groups is 1. The van der Waals surface area contributed by atoms with E-state index in [1.807, 2.05) is 40.1 Å². The Morgan fingerprint density at radius 1 is 1.28 bits per heavy atom. The third-order valence-electron chi connectivity index (χ3n) is 4.65. The molecule has 2 fully saturated rings. The summed E-state index contributed by atoms with van der Waals surface area (Å²) in [6, 6.07) is 5.74. The molecule has 1 unspecified atom stereocenters. The van der Waals surface area contributed by atoms with Crippen LogP contribution >= 0.6 is 11.3 Å². The van der Waals surface area contributed by atoms with Gasteiger partial charge in [0.25, 0.3) is 0 Å². The number of ether oxygens (including phenoxy) is 1. The number of amides is 2. The molecule has 0 radical (unpaired) electrons. The Labute approximate surface area is 151 Å². The van der Waals surface area contributed by atoms with Crippen molar-refractivity contribution in [2.75, 3.05) is 36.4 Å². The van der Waals surface area contributed by atoms with E-state index < -0.39 is 0 Å². The van der Waals surface area contributed by atoms with Crippen molar-refractivity contribution in [3.63, 3.8) is 0 Å². The Morgan fingerprint density at radius 3 is 2.96 bits per heavy atom. The van der Waals surface area contributed by atoms with Gasteiger partial charge in [-0.3, -0.25) is 0 Å². The number of nitrogens with one attached hydrogen (secondary N) is 1. The molecule has 6 nitrogen and oxygen atoms in total. The van der Waals surface area contributed by atoms with Gasteiger partial charge in [-0.15, -0.1) is 0 Å². The fraction of sp³-hybridized carbons (Fsp3) is 0.444. The molecule has 132 valence electrons. The van der Waals surface area contributed by atoms with Crippen molar-refractivity contribution in [1.29, 1.82) is 0 Å². The van der Waals surface area contributed by atoms with Gasteiger partial charge in [0.05, 0.1) is 12.2 Å². The second kappa shape index (κ2) is 7.31. The van der Waals surface area contributed by atoms with Gasteiger partial charge in [0.2, 0.25) is 0 Å². The summed E-state index contributed by atoms with van der Waals surface area (Å²) in [5, 5.41) is 6.81. The highest BCUT2D eigenvalue weighted by Crippen LogP contribution is 2.30. The Bertz CT molecular complexity index is 716. The molecule has 2 aliphatic rings. The number of nitrogens with zero attached hydrogens (tertiary/aromatic N) is 3. The topological polar surface area (TPSA) is 57.7 Å². The summed E-state index contributed by atoms with van der Waals surface area (Å²) in [6.45, 7) is 3.38. The van der Waals surface area contributed by atoms with Gasteiger partial charge in [-0.2, -0.15) is 11.3 Å². The maximum absolute atomic E-state index is 12.3. The van der Waals surface area contributed by atoms with Crippen molar-refractivity contribution < 1.29 is 9.53 Å². The predicted octanol–water partition coefficient (Wildman–Crippen LogP) is 3.43. The molecule has 0 saturated carbocycles. The van der Waals surface area contributed by atoms with Crippen molar-refractivity contribution in [2.24, 2.45) is 0 Å². The summed E-state index contributed by atoms with van der Waals surface area (Å²) in [6.07, 6.45) is 5.08. The van der Waals surface area contributed by atoms with Gasteiger partial charge in [0.1, 0.15) is 6.10 Å². The monoisotopic (exact) mass is 358 g/mol. The molecule has 4 rings (SSSR count). The Balaban J connectivity index is 1.37. The average molecular weight is 358 g/mol. The number of pyridine rings is 1. The maximum atomic E-state index is 12.3. The van der Waals surface area contributed by atoms with Crippen LogP contribution in [0.3, 0.4) is 0 Å². The molecule has 1 N–H and O–H groups in total. The third-order valence-corrected chi connectivity index (χ3v) is 5.34.